The van der Waals surface area contributed by atoms with Crippen molar-refractivity contribution in [2.24, 2.45) is 0 Å². The Labute approximate surface area is 214 Å². The Morgan fingerprint density at radius 2 is 1.08 bits per heavy atom. The van der Waals surface area contributed by atoms with E-state index in [1.807, 2.05) is 6.07 Å². The Morgan fingerprint density at radius 1 is 0.459 bits per heavy atom. The van der Waals surface area contributed by atoms with E-state index in [2.05, 4.69) is 127 Å². The van der Waals surface area contributed by atoms with Gasteiger partial charge in [0.15, 0.2) is 0 Å². The molecule has 8 rings (SSSR count). The number of benzene rings is 6. The molecule has 0 spiro atoms. The van der Waals surface area contributed by atoms with E-state index in [-0.39, 0.29) is 0 Å². The number of hydrogen-bond acceptors (Lipinski definition) is 1. The summed E-state index contributed by atoms with van der Waals surface area (Å²) in [6, 6.07) is 49.4. The van der Waals surface area contributed by atoms with Crippen LogP contribution in [0.5, 0.6) is 0 Å². The number of fused-ring (bicyclic) bond motifs is 6. The maximum Gasteiger partial charge on any atom is 0.136 e. The summed E-state index contributed by atoms with van der Waals surface area (Å²) < 4.78 is 6.27. The zero-order chi connectivity index (χ0) is 24.3. The number of furan rings is 1. The van der Waals surface area contributed by atoms with E-state index in [1.165, 1.54) is 43.8 Å². The first-order valence-electron chi connectivity index (χ1n) is 12.5. The molecule has 1 nitrogen and oxygen atoms in total. The van der Waals surface area contributed by atoms with E-state index in [9.17, 15) is 0 Å². The number of rotatable bonds is 2. The lowest BCUT2D eigenvalue weighted by molar-refractivity contribution is 0.669. The fourth-order valence-corrected chi connectivity index (χ4v) is 5.85. The zero-order valence-electron chi connectivity index (χ0n) is 20.0. The van der Waals surface area contributed by atoms with Gasteiger partial charge >= 0.3 is 0 Å². The highest BCUT2D eigenvalue weighted by Crippen LogP contribution is 2.44. The zero-order valence-corrected chi connectivity index (χ0v) is 20.0. The van der Waals surface area contributed by atoms with Crippen LogP contribution in [0.1, 0.15) is 0 Å². The molecule has 37 heavy (non-hydrogen) atoms. The molecule has 0 bridgehead atoms. The van der Waals surface area contributed by atoms with Crippen LogP contribution in [0.2, 0.25) is 0 Å². The van der Waals surface area contributed by atoms with Crippen molar-refractivity contribution in [2.75, 3.05) is 0 Å². The van der Waals surface area contributed by atoms with Crippen LogP contribution in [0.3, 0.4) is 0 Å². The van der Waals surface area contributed by atoms with Gasteiger partial charge in [0.1, 0.15) is 11.2 Å². The maximum atomic E-state index is 6.27. The van der Waals surface area contributed by atoms with E-state index < -0.39 is 0 Å². The second kappa shape index (κ2) is 7.72. The van der Waals surface area contributed by atoms with Crippen molar-refractivity contribution in [3.63, 3.8) is 0 Å². The Kier molecular flexibility index (Phi) is 4.21. The highest BCUT2D eigenvalue weighted by molar-refractivity contribution is 6.22. The molecule has 0 radical (unpaired) electrons. The van der Waals surface area contributed by atoms with Gasteiger partial charge in [-0.1, -0.05) is 97.1 Å². The third-order valence-electron chi connectivity index (χ3n) is 7.48. The van der Waals surface area contributed by atoms with E-state index >= 15 is 0 Å². The van der Waals surface area contributed by atoms with Crippen molar-refractivity contribution in [1.82, 2.24) is 0 Å². The van der Waals surface area contributed by atoms with Crippen molar-refractivity contribution in [1.29, 1.82) is 0 Å². The molecule has 0 unspecified atom stereocenters. The summed E-state index contributed by atoms with van der Waals surface area (Å²) in [5.41, 5.74) is 6.74. The average Bonchev–Trinajstić information content (AvgIpc) is 3.31. The first-order chi connectivity index (χ1) is 18.3. The minimum absolute atomic E-state index is 0.879. The maximum absolute atomic E-state index is 6.27. The van der Waals surface area contributed by atoms with Gasteiger partial charge in [-0.2, -0.15) is 0 Å². The first-order valence-corrected chi connectivity index (χ1v) is 12.5. The number of hydrogen-bond donors (Lipinski definition) is 0. The Balaban J connectivity index is 1.48. The molecule has 0 saturated carbocycles. The van der Waals surface area contributed by atoms with Gasteiger partial charge in [-0.25, -0.2) is 0 Å². The standard InChI is InChI=1S/C36H20O/c1-2-10-23(11-3-1)35-27-14-6-8-16-29(27)36(30-17-9-7-15-28(30)35)26-18-19-33-31(21-26)32-20-24-12-4-5-13-25(24)22-34(32)37-33/h1-4,6-12,14-22H. The molecule has 0 saturated heterocycles. The molecule has 0 aliphatic heterocycles. The molecule has 0 aliphatic rings. The molecule has 0 fully saturated rings. The lowest BCUT2D eigenvalue weighted by Crippen LogP contribution is -1.90. The Morgan fingerprint density at radius 3 is 1.78 bits per heavy atom. The summed E-state index contributed by atoms with van der Waals surface area (Å²) >= 11 is 0. The third-order valence-corrected chi connectivity index (χ3v) is 7.48. The van der Waals surface area contributed by atoms with Gasteiger partial charge in [-0.05, 0) is 85.6 Å². The lowest BCUT2D eigenvalue weighted by atomic mass is 9.86. The highest BCUT2D eigenvalue weighted by atomic mass is 16.3. The van der Waals surface area contributed by atoms with E-state index in [0.29, 0.717) is 0 Å². The van der Waals surface area contributed by atoms with Crippen LogP contribution in [-0.4, -0.2) is 0 Å². The van der Waals surface area contributed by atoms with Crippen molar-refractivity contribution in [3.8, 4) is 22.3 Å². The molecule has 8 aromatic rings. The molecule has 0 atom stereocenters. The molecule has 1 heterocycles. The topological polar surface area (TPSA) is 13.1 Å². The second-order valence-corrected chi connectivity index (χ2v) is 9.56. The molecule has 170 valence electrons. The molecule has 1 heteroatoms. The quantitative estimate of drug-likeness (QED) is 0.230. The first kappa shape index (κ1) is 20.2. The van der Waals surface area contributed by atoms with Gasteiger partial charge in [-0.15, -0.1) is 0 Å². The van der Waals surface area contributed by atoms with Gasteiger partial charge in [-0.3, -0.25) is 0 Å². The van der Waals surface area contributed by atoms with Crippen LogP contribution in [0.15, 0.2) is 126 Å². The van der Waals surface area contributed by atoms with Crippen LogP contribution >= 0.6 is 0 Å². The summed E-state index contributed by atoms with van der Waals surface area (Å²) in [6.45, 7) is 0. The van der Waals surface area contributed by atoms with Crippen LogP contribution in [-0.2, 0) is 0 Å². The van der Waals surface area contributed by atoms with Crippen molar-refractivity contribution < 1.29 is 4.42 Å². The van der Waals surface area contributed by atoms with Gasteiger partial charge < -0.3 is 4.42 Å². The second-order valence-electron chi connectivity index (χ2n) is 9.56. The molecule has 7 aromatic carbocycles. The predicted molar refractivity (Wildman–Crippen MR) is 155 cm³/mol. The Bertz CT molecular complexity index is 2070. The van der Waals surface area contributed by atoms with Crippen LogP contribution in [0, 0.1) is 12.1 Å². The normalized spacial score (nSPS) is 11.6. The largest absolute Gasteiger partial charge is 0.456 e. The average molecular weight is 469 g/mol. The van der Waals surface area contributed by atoms with Crippen LogP contribution < -0.4 is 0 Å². The van der Waals surface area contributed by atoms with Crippen molar-refractivity contribution in [3.05, 3.63) is 133 Å². The van der Waals surface area contributed by atoms with Crippen molar-refractivity contribution >= 4 is 54.3 Å². The molecular formula is C36H20O. The lowest BCUT2D eigenvalue weighted by Gasteiger charge is -2.17. The summed E-state index contributed by atoms with van der Waals surface area (Å²) in [6.07, 6.45) is 0. The van der Waals surface area contributed by atoms with Crippen LogP contribution in [0.25, 0.3) is 76.5 Å². The SMILES string of the molecule is c1ccc2cc3c(cc2c#1)oc1ccc(-c2c4ccccc4c(-c4ccccc4)c4ccccc24)cc13. The van der Waals surface area contributed by atoms with E-state index in [1.54, 1.807) is 0 Å². The fourth-order valence-electron chi connectivity index (χ4n) is 5.85. The highest BCUT2D eigenvalue weighted by Gasteiger charge is 2.17. The predicted octanol–water partition coefficient (Wildman–Crippen LogP) is 9.98. The van der Waals surface area contributed by atoms with Gasteiger partial charge in [0.2, 0.25) is 0 Å². The van der Waals surface area contributed by atoms with Gasteiger partial charge in [0.05, 0.1) is 0 Å². The summed E-state index contributed by atoms with van der Waals surface area (Å²) in [7, 11) is 0. The van der Waals surface area contributed by atoms with Gasteiger partial charge in [0, 0.05) is 16.2 Å². The van der Waals surface area contributed by atoms with E-state index in [0.717, 1.165) is 32.7 Å². The van der Waals surface area contributed by atoms with Crippen molar-refractivity contribution in [2.45, 2.75) is 0 Å². The third kappa shape index (κ3) is 3.00. The molecule has 0 amide bonds. The summed E-state index contributed by atoms with van der Waals surface area (Å²) in [4.78, 5) is 0. The minimum Gasteiger partial charge on any atom is -0.456 e. The summed E-state index contributed by atoms with van der Waals surface area (Å²) in [5, 5.41) is 9.44. The van der Waals surface area contributed by atoms with Crippen LogP contribution in [0.4, 0.5) is 0 Å². The fraction of sp³-hybridized carbons (Fsp3) is 0. The van der Waals surface area contributed by atoms with Gasteiger partial charge in [0.25, 0.3) is 0 Å². The molecule has 0 aliphatic carbocycles. The smallest absolute Gasteiger partial charge is 0.136 e. The summed E-state index contributed by atoms with van der Waals surface area (Å²) in [5.74, 6) is 0. The molecule has 0 N–H and O–H groups in total. The Hall–Kier alpha value is -5.06. The molecular weight excluding hydrogens is 448 g/mol. The minimum atomic E-state index is 0.879. The van der Waals surface area contributed by atoms with E-state index in [4.69, 9.17) is 4.42 Å². The molecule has 1 aromatic heterocycles. The monoisotopic (exact) mass is 468 g/mol.